The van der Waals surface area contributed by atoms with Gasteiger partial charge in [0.1, 0.15) is 11.5 Å². The Kier molecular flexibility index (Phi) is 3.20. The molecule has 0 unspecified atom stereocenters. The van der Waals surface area contributed by atoms with Gasteiger partial charge in [0.05, 0.1) is 18.8 Å². The van der Waals surface area contributed by atoms with Crippen LogP contribution in [0.25, 0.3) is 0 Å². The van der Waals surface area contributed by atoms with Gasteiger partial charge in [-0.1, -0.05) is 24.3 Å². The van der Waals surface area contributed by atoms with E-state index in [1.54, 1.807) is 7.11 Å². The molecule has 118 valence electrons. The molecule has 2 aliphatic rings. The quantitative estimate of drug-likeness (QED) is 0.852. The van der Waals surface area contributed by atoms with Gasteiger partial charge in [0.25, 0.3) is 0 Å². The summed E-state index contributed by atoms with van der Waals surface area (Å²) in [5.41, 5.74) is 1.60. The topological polar surface area (TPSA) is 33.7 Å². The molecule has 0 aromatic heterocycles. The van der Waals surface area contributed by atoms with E-state index in [0.29, 0.717) is 5.11 Å². The Labute approximate surface area is 141 Å². The van der Waals surface area contributed by atoms with Crippen LogP contribution in [-0.2, 0) is 0 Å². The molecule has 2 aliphatic heterocycles. The number of hydrogen-bond donors (Lipinski definition) is 1. The molecule has 0 amide bonds. The van der Waals surface area contributed by atoms with E-state index in [0.717, 1.165) is 29.2 Å². The molecule has 4 nitrogen and oxygen atoms in total. The van der Waals surface area contributed by atoms with Crippen molar-refractivity contribution in [1.82, 2.24) is 5.32 Å². The van der Waals surface area contributed by atoms with Crippen molar-refractivity contribution in [3.05, 3.63) is 54.1 Å². The van der Waals surface area contributed by atoms with Gasteiger partial charge < -0.3 is 14.8 Å². The molecule has 1 saturated heterocycles. The lowest BCUT2D eigenvalue weighted by molar-refractivity contribution is 0.0497. The predicted molar refractivity (Wildman–Crippen MR) is 94.0 cm³/mol. The molecule has 0 radical (unpaired) electrons. The van der Waals surface area contributed by atoms with Gasteiger partial charge in [-0.25, -0.2) is 0 Å². The van der Waals surface area contributed by atoms with Crippen LogP contribution in [0.3, 0.4) is 0 Å². The lowest BCUT2D eigenvalue weighted by Crippen LogP contribution is -2.65. The SMILES string of the molecule is COc1cccc(N2C(=S)N[C@@H]3C[C@@]2(C)Oc2ccccc23)c1. The summed E-state index contributed by atoms with van der Waals surface area (Å²) in [6.45, 7) is 2.09. The second-order valence-electron chi connectivity index (χ2n) is 6.06. The van der Waals surface area contributed by atoms with E-state index >= 15 is 0 Å². The van der Waals surface area contributed by atoms with Gasteiger partial charge in [0.15, 0.2) is 10.8 Å². The average Bonchev–Trinajstić information content (AvgIpc) is 2.54. The molecule has 0 saturated carbocycles. The van der Waals surface area contributed by atoms with E-state index < -0.39 is 5.72 Å². The molecular formula is C18H18N2O2S. The Morgan fingerprint density at radius 3 is 2.91 bits per heavy atom. The van der Waals surface area contributed by atoms with Crippen molar-refractivity contribution in [3.8, 4) is 11.5 Å². The first-order valence-electron chi connectivity index (χ1n) is 7.63. The van der Waals surface area contributed by atoms with Gasteiger partial charge in [-0.05, 0) is 37.3 Å². The predicted octanol–water partition coefficient (Wildman–Crippen LogP) is 3.63. The summed E-state index contributed by atoms with van der Waals surface area (Å²) in [7, 11) is 1.66. The van der Waals surface area contributed by atoms with Gasteiger partial charge in [-0.3, -0.25) is 4.90 Å². The van der Waals surface area contributed by atoms with Crippen molar-refractivity contribution in [2.75, 3.05) is 12.0 Å². The Hall–Kier alpha value is -2.27. The van der Waals surface area contributed by atoms with Gasteiger partial charge in [-0.2, -0.15) is 0 Å². The molecular weight excluding hydrogens is 308 g/mol. The van der Waals surface area contributed by atoms with E-state index in [4.69, 9.17) is 21.7 Å². The number of nitrogens with one attached hydrogen (secondary N) is 1. The van der Waals surface area contributed by atoms with Gasteiger partial charge in [0.2, 0.25) is 0 Å². The van der Waals surface area contributed by atoms with Crippen LogP contribution < -0.4 is 19.7 Å². The molecule has 2 aromatic carbocycles. The van der Waals surface area contributed by atoms with Crippen molar-refractivity contribution in [1.29, 1.82) is 0 Å². The zero-order valence-electron chi connectivity index (χ0n) is 13.1. The van der Waals surface area contributed by atoms with Crippen LogP contribution in [0.15, 0.2) is 48.5 Å². The number of para-hydroxylation sites is 1. The highest BCUT2D eigenvalue weighted by molar-refractivity contribution is 7.80. The number of methoxy groups -OCH3 is 1. The minimum absolute atomic E-state index is 0.180. The van der Waals surface area contributed by atoms with Crippen LogP contribution in [0.2, 0.25) is 0 Å². The Balaban J connectivity index is 1.79. The Bertz CT molecular complexity index is 779. The first kappa shape index (κ1) is 14.3. The van der Waals surface area contributed by atoms with Crippen molar-refractivity contribution in [2.45, 2.75) is 25.1 Å². The minimum Gasteiger partial charge on any atom is -0.497 e. The van der Waals surface area contributed by atoms with Crippen LogP contribution in [-0.4, -0.2) is 17.9 Å². The van der Waals surface area contributed by atoms with Crippen molar-refractivity contribution < 1.29 is 9.47 Å². The fourth-order valence-corrected chi connectivity index (χ4v) is 3.90. The highest BCUT2D eigenvalue weighted by atomic mass is 32.1. The number of ether oxygens (including phenoxy) is 2. The molecule has 5 heteroatoms. The van der Waals surface area contributed by atoms with Crippen LogP contribution in [0, 0.1) is 0 Å². The van der Waals surface area contributed by atoms with E-state index in [9.17, 15) is 0 Å². The smallest absolute Gasteiger partial charge is 0.188 e. The van der Waals surface area contributed by atoms with Crippen LogP contribution in [0.1, 0.15) is 24.9 Å². The van der Waals surface area contributed by atoms with Gasteiger partial charge >= 0.3 is 0 Å². The molecule has 2 aromatic rings. The number of thiocarbonyl (C=S) groups is 1. The first-order valence-corrected chi connectivity index (χ1v) is 8.04. The maximum absolute atomic E-state index is 6.36. The Morgan fingerprint density at radius 2 is 2.09 bits per heavy atom. The molecule has 1 fully saturated rings. The van der Waals surface area contributed by atoms with Crippen molar-refractivity contribution >= 4 is 23.0 Å². The number of rotatable bonds is 2. The summed E-state index contributed by atoms with van der Waals surface area (Å²) in [6.07, 6.45) is 0.821. The van der Waals surface area contributed by atoms with Crippen molar-refractivity contribution in [3.63, 3.8) is 0 Å². The lowest BCUT2D eigenvalue weighted by Gasteiger charge is -2.52. The summed E-state index contributed by atoms with van der Waals surface area (Å²) in [5.74, 6) is 1.71. The molecule has 2 atom stereocenters. The van der Waals surface area contributed by atoms with Crippen LogP contribution in [0.4, 0.5) is 5.69 Å². The first-order chi connectivity index (χ1) is 11.1. The molecule has 1 N–H and O–H groups in total. The normalized spacial score (nSPS) is 25.2. The zero-order chi connectivity index (χ0) is 16.0. The summed E-state index contributed by atoms with van der Waals surface area (Å²) in [5, 5.41) is 4.12. The fourth-order valence-electron chi connectivity index (χ4n) is 3.46. The van der Waals surface area contributed by atoms with Crippen molar-refractivity contribution in [2.24, 2.45) is 0 Å². The molecule has 2 bridgehead atoms. The molecule has 4 rings (SSSR count). The van der Waals surface area contributed by atoms with E-state index in [1.807, 2.05) is 47.4 Å². The lowest BCUT2D eigenvalue weighted by atomic mass is 9.90. The Morgan fingerprint density at radius 1 is 1.26 bits per heavy atom. The molecule has 2 heterocycles. The highest BCUT2D eigenvalue weighted by Gasteiger charge is 2.48. The molecule has 0 spiro atoms. The zero-order valence-corrected chi connectivity index (χ0v) is 13.9. The number of fused-ring (bicyclic) bond motifs is 4. The van der Waals surface area contributed by atoms with E-state index in [2.05, 4.69) is 18.3 Å². The number of benzene rings is 2. The van der Waals surface area contributed by atoms with E-state index in [1.165, 1.54) is 0 Å². The molecule has 23 heavy (non-hydrogen) atoms. The van der Waals surface area contributed by atoms with Gasteiger partial charge in [-0.15, -0.1) is 0 Å². The van der Waals surface area contributed by atoms with E-state index in [-0.39, 0.29) is 6.04 Å². The third-order valence-corrected chi connectivity index (χ3v) is 4.79. The van der Waals surface area contributed by atoms with Crippen LogP contribution >= 0.6 is 12.2 Å². The minimum atomic E-state index is -0.520. The maximum Gasteiger partial charge on any atom is 0.188 e. The third kappa shape index (κ3) is 2.23. The summed E-state index contributed by atoms with van der Waals surface area (Å²) < 4.78 is 11.7. The second kappa shape index (κ2) is 5.13. The average molecular weight is 326 g/mol. The largest absolute Gasteiger partial charge is 0.497 e. The summed E-state index contributed by atoms with van der Waals surface area (Å²) in [4.78, 5) is 2.04. The third-order valence-electron chi connectivity index (χ3n) is 4.49. The number of nitrogens with zero attached hydrogens (tertiary/aromatic N) is 1. The second-order valence-corrected chi connectivity index (χ2v) is 6.44. The monoisotopic (exact) mass is 326 g/mol. The summed E-state index contributed by atoms with van der Waals surface area (Å²) in [6, 6.07) is 16.2. The standard InChI is InChI=1S/C18H18N2O2S/c1-18-11-15(14-8-3-4-9-16(14)22-18)19-17(23)20(18)12-6-5-7-13(10-12)21-2/h3-10,15H,11H2,1-2H3,(H,19,23)/t15-,18-/m1/s1. The highest BCUT2D eigenvalue weighted by Crippen LogP contribution is 2.45. The molecule has 0 aliphatic carbocycles. The van der Waals surface area contributed by atoms with Crippen LogP contribution in [0.5, 0.6) is 11.5 Å². The summed E-state index contributed by atoms with van der Waals surface area (Å²) >= 11 is 5.64. The number of anilines is 1. The maximum atomic E-state index is 6.36. The number of hydrogen-bond acceptors (Lipinski definition) is 3. The fraction of sp³-hybridized carbons (Fsp3) is 0.278. The van der Waals surface area contributed by atoms with Gasteiger partial charge in [0, 0.05) is 18.1 Å².